The van der Waals surface area contributed by atoms with E-state index in [9.17, 15) is 0 Å². The highest BCUT2D eigenvalue weighted by atomic mass is 79.9. The summed E-state index contributed by atoms with van der Waals surface area (Å²) in [6, 6.07) is 3.28. The molecule has 2 atom stereocenters. The molecule has 0 saturated heterocycles. The van der Waals surface area contributed by atoms with Crippen molar-refractivity contribution < 1.29 is 0 Å². The Morgan fingerprint density at radius 1 is 1.42 bits per heavy atom. The maximum Gasteiger partial charge on any atom is 0.0949 e. The van der Waals surface area contributed by atoms with Crippen LogP contribution in [0, 0.1) is 0 Å². The van der Waals surface area contributed by atoms with E-state index in [0.717, 1.165) is 11.0 Å². The van der Waals surface area contributed by atoms with Gasteiger partial charge in [-0.15, -0.1) is 11.3 Å². The van der Waals surface area contributed by atoms with E-state index in [-0.39, 0.29) is 0 Å². The van der Waals surface area contributed by atoms with Crippen molar-refractivity contribution >= 4 is 43.2 Å². The van der Waals surface area contributed by atoms with Gasteiger partial charge in [0.2, 0.25) is 0 Å². The summed E-state index contributed by atoms with van der Waals surface area (Å²) < 4.78 is 4.55. The number of aromatic nitrogens is 2. The van der Waals surface area contributed by atoms with Gasteiger partial charge in [-0.1, -0.05) is 0 Å². The van der Waals surface area contributed by atoms with Crippen LogP contribution >= 0.6 is 43.2 Å². The third kappa shape index (κ3) is 3.12. The predicted molar refractivity (Wildman–Crippen MR) is 85.5 cm³/mol. The van der Waals surface area contributed by atoms with Crippen molar-refractivity contribution in [2.24, 2.45) is 0 Å². The van der Waals surface area contributed by atoms with Crippen molar-refractivity contribution in [2.45, 2.75) is 37.9 Å². The Morgan fingerprint density at radius 2 is 2.32 bits per heavy atom. The molecule has 2 aromatic rings. The van der Waals surface area contributed by atoms with Crippen molar-refractivity contribution in [2.75, 3.05) is 0 Å². The van der Waals surface area contributed by atoms with Gasteiger partial charge in [0, 0.05) is 40.4 Å². The maximum atomic E-state index is 4.16. The van der Waals surface area contributed by atoms with E-state index in [2.05, 4.69) is 59.0 Å². The Balaban J connectivity index is 1.63. The first kappa shape index (κ1) is 13.8. The second-order valence-electron chi connectivity index (χ2n) is 4.83. The van der Waals surface area contributed by atoms with Crippen LogP contribution < -0.4 is 5.32 Å². The topological polar surface area (TPSA) is 29.9 Å². The van der Waals surface area contributed by atoms with Crippen LogP contribution in [0.3, 0.4) is 0 Å². The molecule has 0 amide bonds. The second kappa shape index (κ2) is 6.08. The van der Waals surface area contributed by atoms with Gasteiger partial charge in [0.05, 0.1) is 10.1 Å². The van der Waals surface area contributed by atoms with Gasteiger partial charge in [0.25, 0.3) is 0 Å². The molecule has 6 heteroatoms. The SMILES string of the molecule is Brc1cc(CNC2CCCC2n2ccnc2)sc1Br. The fraction of sp³-hybridized carbons (Fsp3) is 0.462. The molecule has 1 fully saturated rings. The Bertz CT molecular complexity index is 519. The molecule has 1 saturated carbocycles. The van der Waals surface area contributed by atoms with Gasteiger partial charge in [-0.05, 0) is 57.2 Å². The first-order chi connectivity index (χ1) is 9.24. The predicted octanol–water partition coefficient (Wildman–Crippen LogP) is 4.35. The average Bonchev–Trinajstić information content (AvgIpc) is 3.09. The van der Waals surface area contributed by atoms with E-state index in [4.69, 9.17) is 0 Å². The normalized spacial score (nSPS) is 23.1. The smallest absolute Gasteiger partial charge is 0.0949 e. The first-order valence-corrected chi connectivity index (χ1v) is 8.79. The van der Waals surface area contributed by atoms with E-state index >= 15 is 0 Å². The number of rotatable bonds is 4. The van der Waals surface area contributed by atoms with Gasteiger partial charge >= 0.3 is 0 Å². The molecule has 2 unspecified atom stereocenters. The molecule has 2 aromatic heterocycles. The zero-order valence-corrected chi connectivity index (χ0v) is 14.3. The van der Waals surface area contributed by atoms with Crippen molar-refractivity contribution in [3.63, 3.8) is 0 Å². The number of nitrogens with one attached hydrogen (secondary N) is 1. The lowest BCUT2D eigenvalue weighted by Crippen LogP contribution is -2.32. The number of hydrogen-bond acceptors (Lipinski definition) is 3. The minimum absolute atomic E-state index is 0.550. The Labute approximate surface area is 133 Å². The summed E-state index contributed by atoms with van der Waals surface area (Å²) in [6.45, 7) is 0.935. The summed E-state index contributed by atoms with van der Waals surface area (Å²) in [5.41, 5.74) is 0. The zero-order chi connectivity index (χ0) is 13.2. The van der Waals surface area contributed by atoms with Gasteiger partial charge in [-0.2, -0.15) is 0 Å². The van der Waals surface area contributed by atoms with Crippen molar-refractivity contribution in [1.82, 2.24) is 14.9 Å². The molecule has 0 bridgehead atoms. The Morgan fingerprint density at radius 3 is 3.00 bits per heavy atom. The van der Waals surface area contributed by atoms with Crippen LogP contribution in [-0.4, -0.2) is 15.6 Å². The number of halogens is 2. The van der Waals surface area contributed by atoms with Gasteiger partial charge in [0.1, 0.15) is 0 Å². The quantitative estimate of drug-likeness (QED) is 0.820. The monoisotopic (exact) mass is 403 g/mol. The van der Waals surface area contributed by atoms with Gasteiger partial charge in [-0.3, -0.25) is 0 Å². The molecule has 0 radical (unpaired) electrons. The van der Waals surface area contributed by atoms with Crippen LogP contribution in [-0.2, 0) is 6.54 Å². The van der Waals surface area contributed by atoms with E-state index in [0.29, 0.717) is 12.1 Å². The molecule has 0 aromatic carbocycles. The molecule has 0 spiro atoms. The number of imidazole rings is 1. The third-order valence-corrected chi connectivity index (χ3v) is 6.88. The van der Waals surface area contributed by atoms with E-state index < -0.39 is 0 Å². The van der Waals surface area contributed by atoms with Crippen LogP contribution in [0.1, 0.15) is 30.2 Å². The van der Waals surface area contributed by atoms with E-state index in [1.807, 2.05) is 12.5 Å². The molecular formula is C13H15Br2N3S. The van der Waals surface area contributed by atoms with Crippen molar-refractivity contribution in [3.8, 4) is 0 Å². The standard InChI is InChI=1S/C13H15Br2N3S/c14-10-6-9(19-13(10)15)7-17-11-2-1-3-12(11)18-5-4-16-8-18/h4-6,8,11-12,17H,1-3,7H2. The first-order valence-electron chi connectivity index (χ1n) is 6.38. The molecule has 19 heavy (non-hydrogen) atoms. The van der Waals surface area contributed by atoms with Crippen LogP contribution in [0.15, 0.2) is 33.0 Å². The van der Waals surface area contributed by atoms with Crippen molar-refractivity contribution in [3.05, 3.63) is 37.9 Å². The lowest BCUT2D eigenvalue weighted by molar-refractivity contribution is 0.391. The summed E-state index contributed by atoms with van der Waals surface area (Å²) >= 11 is 8.87. The highest BCUT2D eigenvalue weighted by Crippen LogP contribution is 2.34. The molecule has 102 valence electrons. The summed E-state index contributed by atoms with van der Waals surface area (Å²) in [5.74, 6) is 0. The summed E-state index contributed by atoms with van der Waals surface area (Å²) in [5, 5.41) is 3.70. The lowest BCUT2D eigenvalue weighted by Gasteiger charge is -2.21. The summed E-state index contributed by atoms with van der Waals surface area (Å²) in [6.07, 6.45) is 9.65. The average molecular weight is 405 g/mol. The highest BCUT2D eigenvalue weighted by molar-refractivity contribution is 9.13. The maximum absolute atomic E-state index is 4.16. The van der Waals surface area contributed by atoms with E-state index in [1.54, 1.807) is 11.3 Å². The molecular weight excluding hydrogens is 390 g/mol. The summed E-state index contributed by atoms with van der Waals surface area (Å²) in [4.78, 5) is 5.52. The minimum atomic E-state index is 0.550. The number of thiophene rings is 1. The van der Waals surface area contributed by atoms with Crippen LogP contribution in [0.2, 0.25) is 0 Å². The number of hydrogen-bond donors (Lipinski definition) is 1. The highest BCUT2D eigenvalue weighted by Gasteiger charge is 2.27. The third-order valence-electron chi connectivity index (χ3n) is 3.62. The van der Waals surface area contributed by atoms with E-state index in [1.165, 1.54) is 27.9 Å². The fourth-order valence-corrected chi connectivity index (χ4v) is 4.84. The fourth-order valence-electron chi connectivity index (χ4n) is 2.71. The molecule has 3 nitrogen and oxygen atoms in total. The molecule has 3 rings (SSSR count). The van der Waals surface area contributed by atoms with Gasteiger partial charge in [0.15, 0.2) is 0 Å². The molecule has 1 aliphatic carbocycles. The van der Waals surface area contributed by atoms with Crippen molar-refractivity contribution in [1.29, 1.82) is 0 Å². The largest absolute Gasteiger partial charge is 0.333 e. The Kier molecular flexibility index (Phi) is 4.41. The van der Waals surface area contributed by atoms with Gasteiger partial charge in [-0.25, -0.2) is 4.98 Å². The lowest BCUT2D eigenvalue weighted by atomic mass is 10.1. The van der Waals surface area contributed by atoms with Gasteiger partial charge < -0.3 is 9.88 Å². The van der Waals surface area contributed by atoms with Crippen LogP contribution in [0.25, 0.3) is 0 Å². The molecule has 2 heterocycles. The minimum Gasteiger partial charge on any atom is -0.333 e. The summed E-state index contributed by atoms with van der Waals surface area (Å²) in [7, 11) is 0. The molecule has 1 N–H and O–H groups in total. The second-order valence-corrected chi connectivity index (χ2v) is 8.14. The van der Waals surface area contributed by atoms with Crippen LogP contribution in [0.5, 0.6) is 0 Å². The Hall–Kier alpha value is -0.170. The number of nitrogens with zero attached hydrogens (tertiary/aromatic N) is 2. The van der Waals surface area contributed by atoms with Crippen LogP contribution in [0.4, 0.5) is 0 Å². The molecule has 0 aliphatic heterocycles. The molecule has 1 aliphatic rings. The zero-order valence-electron chi connectivity index (χ0n) is 10.4.